The number of amides is 3. The number of imide groups is 1. The van der Waals surface area contributed by atoms with Gasteiger partial charge in [0.05, 0.1) is 5.75 Å². The smallest absolute Gasteiger partial charge is 0.321 e. The number of hydrogen-bond donors (Lipinski definition) is 2. The lowest BCUT2D eigenvalue weighted by atomic mass is 10.3. The van der Waals surface area contributed by atoms with Gasteiger partial charge in [-0.25, -0.2) is 4.79 Å². The second kappa shape index (κ2) is 6.90. The molecule has 0 aromatic carbocycles. The van der Waals surface area contributed by atoms with Crippen molar-refractivity contribution in [1.82, 2.24) is 25.4 Å². The van der Waals surface area contributed by atoms with Gasteiger partial charge in [-0.3, -0.25) is 10.1 Å². The van der Waals surface area contributed by atoms with E-state index in [1.807, 2.05) is 13.8 Å². The summed E-state index contributed by atoms with van der Waals surface area (Å²) in [6.07, 6.45) is 5.52. The van der Waals surface area contributed by atoms with Crippen molar-refractivity contribution < 1.29 is 9.59 Å². The number of nitrogens with one attached hydrogen (secondary N) is 2. The first-order valence-corrected chi connectivity index (χ1v) is 9.25. The molecule has 0 aliphatic heterocycles. The van der Waals surface area contributed by atoms with E-state index in [0.29, 0.717) is 12.0 Å². The standard InChI is InChI=1S/C15H23N5O2S/c1-3-9(2)16-14(22)17-12(21)8-23-15-19-18-13(10-4-5-10)20(15)11-6-7-11/h9-11H,3-8H2,1-2H3,(H2,16,17,21,22). The normalized spacial score (nSPS) is 18.5. The minimum absolute atomic E-state index is 0.0505. The maximum absolute atomic E-state index is 11.9. The maximum Gasteiger partial charge on any atom is 0.321 e. The molecule has 2 fully saturated rings. The number of thioether (sulfide) groups is 1. The van der Waals surface area contributed by atoms with Crippen LogP contribution >= 0.6 is 11.8 Å². The molecule has 0 bridgehead atoms. The van der Waals surface area contributed by atoms with Gasteiger partial charge in [0.1, 0.15) is 5.82 Å². The molecule has 1 heterocycles. The lowest BCUT2D eigenvalue weighted by molar-refractivity contribution is -0.117. The Hall–Kier alpha value is -1.57. The summed E-state index contributed by atoms with van der Waals surface area (Å²) in [6.45, 7) is 3.88. The fourth-order valence-electron chi connectivity index (χ4n) is 2.34. The van der Waals surface area contributed by atoms with Crippen molar-refractivity contribution in [2.45, 2.75) is 69.1 Å². The lowest BCUT2D eigenvalue weighted by Crippen LogP contribution is -2.43. The largest absolute Gasteiger partial charge is 0.335 e. The number of carbonyl (C=O) groups is 2. The Morgan fingerprint density at radius 1 is 1.30 bits per heavy atom. The highest BCUT2D eigenvalue weighted by molar-refractivity contribution is 7.99. The number of aromatic nitrogens is 3. The van der Waals surface area contributed by atoms with Crippen LogP contribution in [0.15, 0.2) is 5.16 Å². The van der Waals surface area contributed by atoms with Gasteiger partial charge in [-0.2, -0.15) is 0 Å². The monoisotopic (exact) mass is 337 g/mol. The minimum atomic E-state index is -0.438. The van der Waals surface area contributed by atoms with Gasteiger partial charge in [0.25, 0.3) is 0 Å². The van der Waals surface area contributed by atoms with Gasteiger partial charge >= 0.3 is 6.03 Å². The molecule has 1 atom stereocenters. The van der Waals surface area contributed by atoms with Crippen LogP contribution in [0.4, 0.5) is 4.79 Å². The van der Waals surface area contributed by atoms with Gasteiger partial charge in [-0.15, -0.1) is 10.2 Å². The van der Waals surface area contributed by atoms with Gasteiger partial charge in [0.2, 0.25) is 5.91 Å². The van der Waals surface area contributed by atoms with Crippen molar-refractivity contribution >= 4 is 23.7 Å². The molecule has 2 aliphatic rings. The van der Waals surface area contributed by atoms with Gasteiger partial charge in [-0.1, -0.05) is 18.7 Å². The van der Waals surface area contributed by atoms with Crippen molar-refractivity contribution in [2.75, 3.05) is 5.75 Å². The highest BCUT2D eigenvalue weighted by atomic mass is 32.2. The molecule has 7 nitrogen and oxygen atoms in total. The zero-order chi connectivity index (χ0) is 16.4. The van der Waals surface area contributed by atoms with Crippen LogP contribution in [0.2, 0.25) is 0 Å². The number of rotatable bonds is 7. The predicted molar refractivity (Wildman–Crippen MR) is 87.4 cm³/mol. The second-order valence-corrected chi connectivity index (χ2v) is 7.28. The number of urea groups is 1. The van der Waals surface area contributed by atoms with E-state index in [9.17, 15) is 9.59 Å². The Bertz CT molecular complexity index is 595. The maximum atomic E-state index is 11.9. The van der Waals surface area contributed by atoms with Crippen LogP contribution in [0.3, 0.4) is 0 Å². The molecule has 23 heavy (non-hydrogen) atoms. The Labute approximate surface area is 140 Å². The lowest BCUT2D eigenvalue weighted by Gasteiger charge is -2.11. The minimum Gasteiger partial charge on any atom is -0.335 e. The fraction of sp³-hybridized carbons (Fsp3) is 0.733. The highest BCUT2D eigenvalue weighted by Gasteiger charge is 2.36. The van der Waals surface area contributed by atoms with Crippen LogP contribution in [0.5, 0.6) is 0 Å². The van der Waals surface area contributed by atoms with Crippen LogP contribution in [0.1, 0.15) is 63.7 Å². The Kier molecular flexibility index (Phi) is 4.89. The molecule has 1 unspecified atom stereocenters. The number of carbonyl (C=O) groups excluding carboxylic acids is 2. The van der Waals surface area contributed by atoms with Gasteiger partial charge in [-0.05, 0) is 39.0 Å². The zero-order valence-corrected chi connectivity index (χ0v) is 14.4. The van der Waals surface area contributed by atoms with Crippen molar-refractivity contribution in [3.63, 3.8) is 0 Å². The van der Waals surface area contributed by atoms with Crippen molar-refractivity contribution in [3.05, 3.63) is 5.82 Å². The third-order valence-electron chi connectivity index (χ3n) is 4.12. The summed E-state index contributed by atoms with van der Waals surface area (Å²) in [4.78, 5) is 23.5. The Balaban J connectivity index is 1.52. The first kappa shape index (κ1) is 16.3. The first-order valence-electron chi connectivity index (χ1n) is 8.26. The van der Waals surface area contributed by atoms with Gasteiger partial charge in [0.15, 0.2) is 5.16 Å². The number of nitrogens with zero attached hydrogens (tertiary/aromatic N) is 3. The molecule has 8 heteroatoms. The van der Waals surface area contributed by atoms with E-state index in [0.717, 1.165) is 30.2 Å². The van der Waals surface area contributed by atoms with Crippen LogP contribution in [-0.2, 0) is 4.79 Å². The van der Waals surface area contributed by atoms with Crippen LogP contribution in [-0.4, -0.2) is 38.5 Å². The third kappa shape index (κ3) is 4.25. The summed E-state index contributed by atoms with van der Waals surface area (Å²) in [6, 6.07) is 0.113. The summed E-state index contributed by atoms with van der Waals surface area (Å²) in [5.41, 5.74) is 0. The van der Waals surface area contributed by atoms with E-state index < -0.39 is 6.03 Å². The molecule has 3 rings (SSSR count). The molecule has 3 amide bonds. The van der Waals surface area contributed by atoms with Gasteiger partial charge < -0.3 is 9.88 Å². The SMILES string of the molecule is CCC(C)NC(=O)NC(=O)CSc1nnc(C2CC2)n1C1CC1. The molecular formula is C15H23N5O2S. The topological polar surface area (TPSA) is 88.9 Å². The summed E-state index contributed by atoms with van der Waals surface area (Å²) in [7, 11) is 0. The average molecular weight is 337 g/mol. The Morgan fingerprint density at radius 2 is 2.04 bits per heavy atom. The molecule has 0 radical (unpaired) electrons. The van der Waals surface area contributed by atoms with Crippen LogP contribution in [0.25, 0.3) is 0 Å². The summed E-state index contributed by atoms with van der Waals surface area (Å²) in [5, 5.41) is 14.4. The van der Waals surface area contributed by atoms with E-state index in [1.54, 1.807) is 0 Å². The predicted octanol–water partition coefficient (Wildman–Crippen LogP) is 2.21. The summed E-state index contributed by atoms with van der Waals surface area (Å²) in [5.74, 6) is 1.48. The molecule has 126 valence electrons. The van der Waals surface area contributed by atoms with Crippen molar-refractivity contribution in [3.8, 4) is 0 Å². The summed E-state index contributed by atoms with van der Waals surface area (Å²) < 4.78 is 2.20. The Morgan fingerprint density at radius 3 is 2.65 bits per heavy atom. The molecule has 2 aliphatic carbocycles. The van der Waals surface area contributed by atoms with E-state index in [-0.39, 0.29) is 17.7 Å². The van der Waals surface area contributed by atoms with E-state index in [4.69, 9.17) is 0 Å². The molecular weight excluding hydrogens is 314 g/mol. The molecule has 1 aromatic rings. The molecule has 0 saturated heterocycles. The van der Waals surface area contributed by atoms with Crippen LogP contribution < -0.4 is 10.6 Å². The molecule has 1 aromatic heterocycles. The number of hydrogen-bond acceptors (Lipinski definition) is 5. The first-order chi connectivity index (χ1) is 11.1. The van der Waals surface area contributed by atoms with E-state index in [1.165, 1.54) is 24.6 Å². The summed E-state index contributed by atoms with van der Waals surface area (Å²) >= 11 is 1.35. The average Bonchev–Trinajstić information content (AvgIpc) is 3.43. The van der Waals surface area contributed by atoms with E-state index >= 15 is 0 Å². The van der Waals surface area contributed by atoms with Crippen molar-refractivity contribution in [1.29, 1.82) is 0 Å². The third-order valence-corrected chi connectivity index (χ3v) is 5.06. The highest BCUT2D eigenvalue weighted by Crippen LogP contribution is 2.45. The molecule has 2 N–H and O–H groups in total. The zero-order valence-electron chi connectivity index (χ0n) is 13.5. The molecule has 2 saturated carbocycles. The van der Waals surface area contributed by atoms with Crippen LogP contribution in [0, 0.1) is 0 Å². The molecule has 0 spiro atoms. The van der Waals surface area contributed by atoms with Gasteiger partial charge in [0, 0.05) is 18.0 Å². The fourth-order valence-corrected chi connectivity index (χ4v) is 3.15. The van der Waals surface area contributed by atoms with E-state index in [2.05, 4.69) is 25.4 Å². The van der Waals surface area contributed by atoms with Crippen molar-refractivity contribution in [2.24, 2.45) is 0 Å². The quantitative estimate of drug-likeness (QED) is 0.745. The second-order valence-electron chi connectivity index (χ2n) is 6.34.